The van der Waals surface area contributed by atoms with E-state index >= 15 is 0 Å². The Morgan fingerprint density at radius 1 is 1.06 bits per heavy atom. The zero-order chi connectivity index (χ0) is 26.4. The maximum Gasteiger partial charge on any atom is 0.312 e. The molecular weight excluding hydrogens is 464 g/mol. The van der Waals surface area contributed by atoms with Gasteiger partial charge in [0, 0.05) is 36.3 Å². The third-order valence-corrected chi connectivity index (χ3v) is 5.79. The summed E-state index contributed by atoms with van der Waals surface area (Å²) in [5.74, 6) is -1.01. The summed E-state index contributed by atoms with van der Waals surface area (Å²) in [5.41, 5.74) is 8.24. The highest BCUT2D eigenvalue weighted by molar-refractivity contribution is 5.96. The number of nitrogens with one attached hydrogen (secondary N) is 1. The summed E-state index contributed by atoms with van der Waals surface area (Å²) in [4.78, 5) is 48.8. The van der Waals surface area contributed by atoms with E-state index in [1.54, 1.807) is 59.8 Å². The molecule has 0 aliphatic carbocycles. The number of carbonyl (C=O) groups is 3. The lowest BCUT2D eigenvalue weighted by Gasteiger charge is -2.21. The Bertz CT molecular complexity index is 1280. The molecule has 11 heteroatoms. The second kappa shape index (κ2) is 11.3. The summed E-state index contributed by atoms with van der Waals surface area (Å²) >= 11 is 0. The van der Waals surface area contributed by atoms with Gasteiger partial charge < -0.3 is 16.0 Å². The summed E-state index contributed by atoms with van der Waals surface area (Å²) in [7, 11) is 0. The number of anilines is 1. The van der Waals surface area contributed by atoms with Crippen LogP contribution in [-0.4, -0.2) is 50.4 Å². The van der Waals surface area contributed by atoms with Gasteiger partial charge in [0.05, 0.1) is 11.5 Å². The van der Waals surface area contributed by atoms with Gasteiger partial charge in [-0.05, 0) is 62.7 Å². The van der Waals surface area contributed by atoms with Crippen molar-refractivity contribution in [2.24, 2.45) is 5.73 Å². The van der Waals surface area contributed by atoms with Gasteiger partial charge in [0.15, 0.2) is 0 Å². The monoisotopic (exact) mass is 492 g/mol. The van der Waals surface area contributed by atoms with Gasteiger partial charge in [-0.3, -0.25) is 29.2 Å². The topological polar surface area (TPSA) is 153 Å². The molecule has 3 aromatic rings. The number of hydrogen-bond acceptors (Lipinski definition) is 6. The van der Waals surface area contributed by atoms with Gasteiger partial charge in [-0.1, -0.05) is 12.1 Å². The van der Waals surface area contributed by atoms with Crippen LogP contribution in [-0.2, 0) is 11.3 Å². The predicted molar refractivity (Wildman–Crippen MR) is 134 cm³/mol. The zero-order valence-electron chi connectivity index (χ0n) is 20.4. The van der Waals surface area contributed by atoms with Crippen molar-refractivity contribution in [3.8, 4) is 0 Å². The Morgan fingerprint density at radius 2 is 1.67 bits per heavy atom. The van der Waals surface area contributed by atoms with Gasteiger partial charge >= 0.3 is 5.69 Å². The predicted octanol–water partition coefficient (Wildman–Crippen LogP) is 3.05. The molecule has 0 aliphatic heterocycles. The number of benzene rings is 2. The van der Waals surface area contributed by atoms with Crippen molar-refractivity contribution >= 4 is 29.1 Å². The molecule has 0 spiro atoms. The zero-order valence-corrected chi connectivity index (χ0v) is 20.4. The molecule has 0 aliphatic rings. The Hall–Kier alpha value is -4.54. The summed E-state index contributed by atoms with van der Waals surface area (Å²) in [6.45, 7) is 6.09. The summed E-state index contributed by atoms with van der Waals surface area (Å²) < 4.78 is 1.57. The molecule has 0 atom stereocenters. The molecule has 2 aromatic carbocycles. The van der Waals surface area contributed by atoms with Crippen molar-refractivity contribution in [2.75, 3.05) is 18.4 Å². The van der Waals surface area contributed by atoms with Gasteiger partial charge in [0.25, 0.3) is 5.91 Å². The normalized spacial score (nSPS) is 10.6. The molecule has 1 heterocycles. The van der Waals surface area contributed by atoms with Crippen LogP contribution in [0.5, 0.6) is 0 Å². The van der Waals surface area contributed by atoms with Gasteiger partial charge in [0.1, 0.15) is 11.4 Å². The van der Waals surface area contributed by atoms with Crippen LogP contribution in [0.15, 0.2) is 48.5 Å². The maximum atomic E-state index is 13.0. The lowest BCUT2D eigenvalue weighted by molar-refractivity contribution is -0.386. The van der Waals surface area contributed by atoms with Gasteiger partial charge in [-0.2, -0.15) is 5.10 Å². The van der Waals surface area contributed by atoms with E-state index in [1.807, 2.05) is 6.92 Å². The minimum atomic E-state index is -0.548. The van der Waals surface area contributed by atoms with Crippen LogP contribution in [0.2, 0.25) is 0 Å². The molecule has 1 aromatic heterocycles. The summed E-state index contributed by atoms with van der Waals surface area (Å²) in [6, 6.07) is 13.2. The van der Waals surface area contributed by atoms with Crippen molar-refractivity contribution in [3.63, 3.8) is 0 Å². The summed E-state index contributed by atoms with van der Waals surface area (Å²) in [5, 5.41) is 18.2. The van der Waals surface area contributed by atoms with Crippen molar-refractivity contribution in [3.05, 3.63) is 86.7 Å². The smallest absolute Gasteiger partial charge is 0.312 e. The first kappa shape index (κ1) is 26.1. The van der Waals surface area contributed by atoms with E-state index in [1.165, 1.54) is 12.1 Å². The van der Waals surface area contributed by atoms with Crippen molar-refractivity contribution in [1.82, 2.24) is 14.7 Å². The largest absolute Gasteiger partial charge is 0.366 e. The quantitative estimate of drug-likeness (QED) is 0.328. The highest BCUT2D eigenvalue weighted by Gasteiger charge is 2.22. The molecule has 0 radical (unpaired) electrons. The number of carbonyl (C=O) groups excluding carboxylic acids is 3. The van der Waals surface area contributed by atoms with E-state index < -0.39 is 10.8 Å². The van der Waals surface area contributed by atoms with Gasteiger partial charge in [0.2, 0.25) is 11.8 Å². The molecule has 3 amide bonds. The number of rotatable bonds is 10. The molecule has 0 bridgehead atoms. The molecule has 0 saturated heterocycles. The molecule has 36 heavy (non-hydrogen) atoms. The van der Waals surface area contributed by atoms with Gasteiger partial charge in [-0.25, -0.2) is 0 Å². The molecule has 11 nitrogen and oxygen atoms in total. The van der Waals surface area contributed by atoms with Crippen molar-refractivity contribution in [1.29, 1.82) is 0 Å². The number of hydrogen-bond donors (Lipinski definition) is 2. The maximum absolute atomic E-state index is 13.0. The van der Waals surface area contributed by atoms with Crippen LogP contribution < -0.4 is 11.1 Å². The molecule has 188 valence electrons. The lowest BCUT2D eigenvalue weighted by atomic mass is 10.1. The number of nitrogens with two attached hydrogens (primary N) is 1. The molecule has 0 unspecified atom stereocenters. The lowest BCUT2D eigenvalue weighted by Crippen LogP contribution is -2.33. The molecule has 3 rings (SSSR count). The van der Waals surface area contributed by atoms with Gasteiger partial charge in [-0.15, -0.1) is 0 Å². The highest BCUT2D eigenvalue weighted by Crippen LogP contribution is 2.22. The third-order valence-electron chi connectivity index (χ3n) is 5.79. The van der Waals surface area contributed by atoms with E-state index in [-0.39, 0.29) is 30.5 Å². The fourth-order valence-electron chi connectivity index (χ4n) is 3.79. The number of aryl methyl sites for hydroxylation is 1. The average Bonchev–Trinajstić information content (AvgIpc) is 3.12. The second-order valence-corrected chi connectivity index (χ2v) is 8.26. The van der Waals surface area contributed by atoms with E-state index in [4.69, 9.17) is 5.73 Å². The minimum absolute atomic E-state index is 0.00657. The number of nitro groups is 1. The Kier molecular flexibility index (Phi) is 8.15. The summed E-state index contributed by atoms with van der Waals surface area (Å²) in [6.07, 6.45) is 0.103. The minimum Gasteiger partial charge on any atom is -0.366 e. The second-order valence-electron chi connectivity index (χ2n) is 8.26. The van der Waals surface area contributed by atoms with E-state index in [9.17, 15) is 24.5 Å². The van der Waals surface area contributed by atoms with Crippen LogP contribution in [0.3, 0.4) is 0 Å². The number of aromatic nitrogens is 2. The standard InChI is InChI=1S/C25H28N6O5/c1-4-29(14-13-22(32)27-21-11-9-19(10-12-21)24(26)33)25(34)20-7-5-18(6-8-20)15-30-17(3)23(31(35)36)16(2)28-30/h5-12H,4,13-15H2,1-3H3,(H2,26,33)(H,27,32). The average molecular weight is 493 g/mol. The van der Waals surface area contributed by atoms with Crippen LogP contribution in [0.4, 0.5) is 11.4 Å². The molecule has 3 N–H and O–H groups in total. The van der Waals surface area contributed by atoms with Crippen LogP contribution in [0, 0.1) is 24.0 Å². The fraction of sp³-hybridized carbons (Fsp3) is 0.280. The first-order valence-corrected chi connectivity index (χ1v) is 11.4. The highest BCUT2D eigenvalue weighted by atomic mass is 16.6. The van der Waals surface area contributed by atoms with Crippen LogP contribution >= 0.6 is 0 Å². The molecule has 0 fully saturated rings. The van der Waals surface area contributed by atoms with Crippen LogP contribution in [0.1, 0.15) is 51.0 Å². The SMILES string of the molecule is CCN(CCC(=O)Nc1ccc(C(N)=O)cc1)C(=O)c1ccc(Cn2nc(C)c([N+](=O)[O-])c2C)cc1. The molecular formula is C25H28N6O5. The van der Waals surface area contributed by atoms with Crippen molar-refractivity contribution in [2.45, 2.75) is 33.7 Å². The fourth-order valence-corrected chi connectivity index (χ4v) is 3.79. The van der Waals surface area contributed by atoms with E-state index in [0.29, 0.717) is 41.3 Å². The molecule has 0 saturated carbocycles. The Balaban J connectivity index is 1.58. The number of amides is 3. The number of primary amides is 1. The Morgan fingerprint density at radius 3 is 2.19 bits per heavy atom. The van der Waals surface area contributed by atoms with E-state index in [2.05, 4.69) is 10.4 Å². The number of nitrogens with zero attached hydrogens (tertiary/aromatic N) is 4. The first-order valence-electron chi connectivity index (χ1n) is 11.4. The third kappa shape index (κ3) is 6.12. The van der Waals surface area contributed by atoms with Crippen molar-refractivity contribution < 1.29 is 19.3 Å². The first-order chi connectivity index (χ1) is 17.1. The van der Waals surface area contributed by atoms with Crippen LogP contribution in [0.25, 0.3) is 0 Å². The van der Waals surface area contributed by atoms with E-state index in [0.717, 1.165) is 5.56 Å². The Labute approximate surface area is 208 Å².